The van der Waals surface area contributed by atoms with Crippen molar-refractivity contribution in [3.05, 3.63) is 0 Å². The maximum absolute atomic E-state index is 12.7. The first-order valence-electron chi connectivity index (χ1n) is 22.8. The second-order valence-electron chi connectivity index (χ2n) is 16.3. The zero-order chi connectivity index (χ0) is 42.2. The minimum absolute atomic E-state index is 0.0890. The molecule has 5 N–H and O–H groups in total. The Morgan fingerprint density at radius 2 is 0.807 bits per heavy atom. The van der Waals surface area contributed by atoms with Gasteiger partial charge in [0.15, 0.2) is 6.10 Å². The quantitative estimate of drug-likeness (QED) is 0.0228. The second kappa shape index (κ2) is 34.6. The maximum Gasteiger partial charge on any atom is 0.306 e. The Bertz CT molecular complexity index is 1020. The Balaban J connectivity index is 2.45. The number of hydrogen-bond donors (Lipinski definition) is 5. The topological polar surface area (TPSA) is 212 Å². The average Bonchev–Trinajstić information content (AvgIpc) is 3.19. The molecule has 0 amide bonds. The van der Waals surface area contributed by atoms with Gasteiger partial charge in [0.1, 0.15) is 43.2 Å². The number of carbonyl (C=O) groups is 2. The Kier molecular flexibility index (Phi) is 32.7. The third kappa shape index (κ3) is 27.3. The van der Waals surface area contributed by atoms with E-state index < -0.39 is 75.7 Å². The molecule has 0 radical (unpaired) electrons. The Morgan fingerprint density at radius 3 is 1.18 bits per heavy atom. The highest BCUT2D eigenvalue weighted by Crippen LogP contribution is 2.43. The number of rotatable bonds is 38. The fraction of sp³-hybridized carbons (Fsp3) is 0.953. The Morgan fingerprint density at radius 1 is 0.491 bits per heavy atom. The van der Waals surface area contributed by atoms with E-state index in [4.69, 9.17) is 18.5 Å². The van der Waals surface area contributed by atoms with Crippen molar-refractivity contribution in [3.8, 4) is 0 Å². The van der Waals surface area contributed by atoms with Crippen molar-refractivity contribution in [2.45, 2.75) is 249 Å². The summed E-state index contributed by atoms with van der Waals surface area (Å²) in [4.78, 5) is 37.9. The molecule has 0 aromatic rings. The largest absolute Gasteiger partial charge is 0.756 e. The van der Waals surface area contributed by atoms with E-state index >= 15 is 0 Å². The number of ether oxygens (including phenoxy) is 2. The molecule has 0 heterocycles. The summed E-state index contributed by atoms with van der Waals surface area (Å²) in [5.41, 5.74) is 0. The molecule has 8 atom stereocenters. The summed E-state index contributed by atoms with van der Waals surface area (Å²) in [6.45, 7) is 3.22. The summed E-state index contributed by atoms with van der Waals surface area (Å²) < 4.78 is 33.1. The first kappa shape index (κ1) is 53.9. The fourth-order valence-electron chi connectivity index (χ4n) is 7.22. The highest BCUT2D eigenvalue weighted by atomic mass is 31.2. The summed E-state index contributed by atoms with van der Waals surface area (Å²) in [6, 6.07) is 0. The van der Waals surface area contributed by atoms with Crippen LogP contribution in [0, 0.1) is 0 Å². The van der Waals surface area contributed by atoms with Crippen molar-refractivity contribution in [1.29, 1.82) is 0 Å². The Hall–Kier alpha value is -1.15. The number of carbonyl (C=O) groups excluding carboxylic acids is 2. The van der Waals surface area contributed by atoms with Gasteiger partial charge in [-0.1, -0.05) is 181 Å². The fourth-order valence-corrected chi connectivity index (χ4v) is 8.18. The van der Waals surface area contributed by atoms with Crippen LogP contribution >= 0.6 is 7.82 Å². The molecule has 13 nitrogen and oxygen atoms in total. The SMILES string of the molecule is CCCCCCCCCCCCCCCCCC(=O)O[C@H](COC(=O)CCCCCCCCCCCCCCC)COP(=O)([O-])OC1[C@H](O)[C@H](O)C(O)[C@H](O)[C@H]1O. The van der Waals surface area contributed by atoms with E-state index in [9.17, 15) is 44.6 Å². The number of aliphatic hydroxyl groups is 5. The number of hydrogen-bond acceptors (Lipinski definition) is 13. The molecule has 1 aliphatic carbocycles. The average molecular weight is 838 g/mol. The molecule has 3 unspecified atom stereocenters. The van der Waals surface area contributed by atoms with E-state index in [1.807, 2.05) is 0 Å². The van der Waals surface area contributed by atoms with Gasteiger partial charge >= 0.3 is 11.9 Å². The minimum atomic E-state index is -5.36. The van der Waals surface area contributed by atoms with Crippen molar-refractivity contribution in [2.75, 3.05) is 13.2 Å². The molecule has 1 rings (SSSR count). The van der Waals surface area contributed by atoms with Crippen molar-refractivity contribution >= 4 is 19.8 Å². The minimum Gasteiger partial charge on any atom is -0.756 e. The van der Waals surface area contributed by atoms with Crippen molar-refractivity contribution in [3.63, 3.8) is 0 Å². The smallest absolute Gasteiger partial charge is 0.306 e. The molecule has 14 heteroatoms. The van der Waals surface area contributed by atoms with E-state index in [1.54, 1.807) is 0 Å². The lowest BCUT2D eigenvalue weighted by Crippen LogP contribution is -2.64. The molecular formula is C43H82O13P-. The third-order valence-corrected chi connectivity index (χ3v) is 11.9. The van der Waals surface area contributed by atoms with Gasteiger partial charge in [-0.15, -0.1) is 0 Å². The standard InChI is InChI=1S/C43H83O13P/c1-3-5-7-9-11-13-15-17-18-20-22-24-26-28-30-32-37(45)55-35(34-54-57(51,52)56-43-41(49)39(47)38(46)40(48)42(43)50)33-53-36(44)31-29-27-25-23-21-19-16-14-12-10-8-6-4-2/h35,38-43,46-50H,3-34H2,1-2H3,(H,51,52)/p-1/t35-,38?,39-,40+,41-,42-,43?/m1/s1. The molecule has 1 fully saturated rings. The number of phosphoric acid groups is 1. The van der Waals surface area contributed by atoms with Crippen LogP contribution in [-0.4, -0.2) is 93.4 Å². The van der Waals surface area contributed by atoms with Gasteiger partial charge in [-0.25, -0.2) is 0 Å². The van der Waals surface area contributed by atoms with Crippen molar-refractivity contribution in [2.24, 2.45) is 0 Å². The molecule has 338 valence electrons. The second-order valence-corrected chi connectivity index (χ2v) is 17.6. The number of unbranched alkanes of at least 4 members (excludes halogenated alkanes) is 26. The lowest BCUT2D eigenvalue weighted by molar-refractivity contribution is -0.261. The monoisotopic (exact) mass is 838 g/mol. The van der Waals surface area contributed by atoms with E-state index in [0.29, 0.717) is 12.8 Å². The summed E-state index contributed by atoms with van der Waals surface area (Å²) >= 11 is 0. The van der Waals surface area contributed by atoms with Gasteiger partial charge in [0.05, 0.1) is 6.61 Å². The molecule has 0 aliphatic heterocycles. The van der Waals surface area contributed by atoms with Crippen LogP contribution in [0.4, 0.5) is 0 Å². The van der Waals surface area contributed by atoms with Gasteiger partial charge in [-0.3, -0.25) is 14.2 Å². The molecule has 0 spiro atoms. The van der Waals surface area contributed by atoms with Crippen LogP contribution in [-0.2, 0) is 32.7 Å². The first-order chi connectivity index (χ1) is 27.4. The van der Waals surface area contributed by atoms with Crippen LogP contribution in [0.25, 0.3) is 0 Å². The summed E-state index contributed by atoms with van der Waals surface area (Å²) in [6.07, 6.45) is 19.7. The maximum atomic E-state index is 12.7. The van der Waals surface area contributed by atoms with E-state index in [-0.39, 0.29) is 12.8 Å². The highest BCUT2D eigenvalue weighted by Gasteiger charge is 2.50. The van der Waals surface area contributed by atoms with Crippen LogP contribution in [0.1, 0.15) is 206 Å². The first-order valence-corrected chi connectivity index (χ1v) is 24.3. The van der Waals surface area contributed by atoms with E-state index in [0.717, 1.165) is 44.9 Å². The van der Waals surface area contributed by atoms with Crippen LogP contribution in [0.5, 0.6) is 0 Å². The normalized spacial score (nSPS) is 22.6. The van der Waals surface area contributed by atoms with Crippen LogP contribution < -0.4 is 4.89 Å². The number of aliphatic hydroxyl groups excluding tert-OH is 5. The molecule has 1 aliphatic rings. The van der Waals surface area contributed by atoms with Gasteiger partial charge in [-0.05, 0) is 12.8 Å². The number of esters is 2. The molecule has 0 bridgehead atoms. The van der Waals surface area contributed by atoms with Gasteiger partial charge in [0.25, 0.3) is 7.82 Å². The van der Waals surface area contributed by atoms with E-state index in [1.165, 1.54) is 122 Å². The van der Waals surface area contributed by atoms with Gasteiger partial charge in [-0.2, -0.15) is 0 Å². The molecule has 0 aromatic carbocycles. The summed E-state index contributed by atoms with van der Waals surface area (Å²) in [7, 11) is -5.36. The summed E-state index contributed by atoms with van der Waals surface area (Å²) in [5, 5.41) is 50.0. The third-order valence-electron chi connectivity index (χ3n) is 10.9. The molecule has 0 aromatic heterocycles. The van der Waals surface area contributed by atoms with Crippen molar-refractivity contribution in [1.82, 2.24) is 0 Å². The molecular weight excluding hydrogens is 755 g/mol. The summed E-state index contributed by atoms with van der Waals surface area (Å²) in [5.74, 6) is -1.12. The van der Waals surface area contributed by atoms with Gasteiger partial charge in [0, 0.05) is 12.8 Å². The molecule has 0 saturated heterocycles. The predicted octanol–water partition coefficient (Wildman–Crippen LogP) is 7.87. The van der Waals surface area contributed by atoms with Crippen LogP contribution in [0.2, 0.25) is 0 Å². The Labute approximate surface area is 344 Å². The highest BCUT2D eigenvalue weighted by molar-refractivity contribution is 7.45. The van der Waals surface area contributed by atoms with Gasteiger partial charge in [0.2, 0.25) is 0 Å². The molecule has 1 saturated carbocycles. The lowest BCUT2D eigenvalue weighted by atomic mass is 9.85. The van der Waals surface area contributed by atoms with E-state index in [2.05, 4.69) is 13.8 Å². The zero-order valence-corrected chi connectivity index (χ0v) is 36.5. The van der Waals surface area contributed by atoms with Crippen LogP contribution in [0.15, 0.2) is 0 Å². The lowest BCUT2D eigenvalue weighted by Gasteiger charge is -2.43. The number of phosphoric ester groups is 1. The predicted molar refractivity (Wildman–Crippen MR) is 219 cm³/mol. The van der Waals surface area contributed by atoms with Crippen molar-refractivity contribution < 1.29 is 63.1 Å². The zero-order valence-electron chi connectivity index (χ0n) is 35.6. The van der Waals surface area contributed by atoms with Gasteiger partial charge < -0.3 is 48.9 Å². The molecule has 57 heavy (non-hydrogen) atoms. The van der Waals surface area contributed by atoms with Crippen LogP contribution in [0.3, 0.4) is 0 Å².